The molecule has 0 spiro atoms. The SMILES string of the molecule is CCCNCC(O)c1ccccc1C. The Morgan fingerprint density at radius 3 is 2.71 bits per heavy atom. The van der Waals surface area contributed by atoms with Crippen molar-refractivity contribution in [2.45, 2.75) is 26.4 Å². The minimum absolute atomic E-state index is 0.386. The van der Waals surface area contributed by atoms with E-state index in [4.69, 9.17) is 0 Å². The van der Waals surface area contributed by atoms with E-state index in [2.05, 4.69) is 12.2 Å². The first kappa shape index (κ1) is 11.2. The first-order chi connectivity index (χ1) is 6.75. The van der Waals surface area contributed by atoms with Crippen molar-refractivity contribution in [3.8, 4) is 0 Å². The van der Waals surface area contributed by atoms with E-state index in [1.54, 1.807) is 0 Å². The van der Waals surface area contributed by atoms with Crippen molar-refractivity contribution in [3.05, 3.63) is 35.4 Å². The number of rotatable bonds is 5. The second-order valence-electron chi connectivity index (χ2n) is 3.58. The molecule has 0 amide bonds. The van der Waals surface area contributed by atoms with Gasteiger partial charge in [-0.2, -0.15) is 0 Å². The molecular formula is C12H19NO. The number of hydrogen-bond acceptors (Lipinski definition) is 2. The number of aliphatic hydroxyl groups excluding tert-OH is 1. The molecule has 0 saturated heterocycles. The van der Waals surface area contributed by atoms with Gasteiger partial charge in [0.2, 0.25) is 0 Å². The van der Waals surface area contributed by atoms with Crippen LogP contribution in [0.2, 0.25) is 0 Å². The monoisotopic (exact) mass is 193 g/mol. The largest absolute Gasteiger partial charge is 0.387 e. The van der Waals surface area contributed by atoms with Crippen molar-refractivity contribution in [2.75, 3.05) is 13.1 Å². The van der Waals surface area contributed by atoms with E-state index in [0.717, 1.165) is 24.1 Å². The zero-order chi connectivity index (χ0) is 10.4. The van der Waals surface area contributed by atoms with E-state index < -0.39 is 0 Å². The summed E-state index contributed by atoms with van der Waals surface area (Å²) in [5, 5.41) is 13.1. The highest BCUT2D eigenvalue weighted by Gasteiger charge is 2.08. The molecule has 78 valence electrons. The highest BCUT2D eigenvalue weighted by molar-refractivity contribution is 5.27. The summed E-state index contributed by atoms with van der Waals surface area (Å²) < 4.78 is 0. The normalized spacial score (nSPS) is 12.8. The van der Waals surface area contributed by atoms with Crippen molar-refractivity contribution in [1.29, 1.82) is 0 Å². The topological polar surface area (TPSA) is 32.3 Å². The summed E-state index contributed by atoms with van der Waals surface area (Å²) in [5.74, 6) is 0. The van der Waals surface area contributed by atoms with Gasteiger partial charge in [-0.05, 0) is 31.0 Å². The molecule has 2 N–H and O–H groups in total. The minimum Gasteiger partial charge on any atom is -0.387 e. The lowest BCUT2D eigenvalue weighted by molar-refractivity contribution is 0.174. The molecule has 1 aromatic rings. The Kier molecular flexibility index (Phi) is 4.63. The van der Waals surface area contributed by atoms with Crippen molar-refractivity contribution in [2.24, 2.45) is 0 Å². The molecule has 0 aliphatic carbocycles. The third-order valence-electron chi connectivity index (χ3n) is 2.31. The first-order valence-corrected chi connectivity index (χ1v) is 5.20. The average molecular weight is 193 g/mol. The molecule has 1 rings (SSSR count). The third kappa shape index (κ3) is 3.13. The molecular weight excluding hydrogens is 174 g/mol. The lowest BCUT2D eigenvalue weighted by Crippen LogP contribution is -2.22. The van der Waals surface area contributed by atoms with E-state index in [1.807, 2.05) is 31.2 Å². The molecule has 0 aromatic heterocycles. The Hall–Kier alpha value is -0.860. The van der Waals surface area contributed by atoms with Crippen molar-refractivity contribution >= 4 is 0 Å². The average Bonchev–Trinajstić information content (AvgIpc) is 2.18. The Balaban J connectivity index is 2.51. The summed E-state index contributed by atoms with van der Waals surface area (Å²) in [5.41, 5.74) is 2.18. The Labute approximate surface area is 86.0 Å². The fourth-order valence-electron chi connectivity index (χ4n) is 1.49. The maximum absolute atomic E-state index is 9.87. The van der Waals surface area contributed by atoms with Crippen LogP contribution in [0.4, 0.5) is 0 Å². The first-order valence-electron chi connectivity index (χ1n) is 5.20. The molecule has 0 fully saturated rings. The second kappa shape index (κ2) is 5.78. The number of aryl methyl sites for hydroxylation is 1. The van der Waals surface area contributed by atoms with Crippen molar-refractivity contribution in [3.63, 3.8) is 0 Å². The predicted octanol–water partition coefficient (Wildman–Crippen LogP) is 2.03. The Morgan fingerprint density at radius 2 is 2.07 bits per heavy atom. The fraction of sp³-hybridized carbons (Fsp3) is 0.500. The summed E-state index contributed by atoms with van der Waals surface area (Å²) >= 11 is 0. The van der Waals surface area contributed by atoms with Gasteiger partial charge in [-0.25, -0.2) is 0 Å². The predicted molar refractivity (Wildman–Crippen MR) is 59.3 cm³/mol. The molecule has 0 saturated carbocycles. The van der Waals surface area contributed by atoms with Gasteiger partial charge >= 0.3 is 0 Å². The van der Waals surface area contributed by atoms with E-state index in [9.17, 15) is 5.11 Å². The van der Waals surface area contributed by atoms with Gasteiger partial charge in [0.1, 0.15) is 0 Å². The molecule has 2 nitrogen and oxygen atoms in total. The third-order valence-corrected chi connectivity index (χ3v) is 2.31. The van der Waals surface area contributed by atoms with Gasteiger partial charge < -0.3 is 10.4 Å². The van der Waals surface area contributed by atoms with E-state index in [0.29, 0.717) is 6.54 Å². The summed E-state index contributed by atoms with van der Waals surface area (Å²) in [4.78, 5) is 0. The lowest BCUT2D eigenvalue weighted by Gasteiger charge is -2.13. The van der Waals surface area contributed by atoms with Crippen molar-refractivity contribution < 1.29 is 5.11 Å². The molecule has 2 heteroatoms. The summed E-state index contributed by atoms with van der Waals surface area (Å²) in [6.07, 6.45) is 0.711. The van der Waals surface area contributed by atoms with Crippen LogP contribution >= 0.6 is 0 Å². The van der Waals surface area contributed by atoms with Crippen LogP contribution in [-0.2, 0) is 0 Å². The number of nitrogens with one attached hydrogen (secondary N) is 1. The summed E-state index contributed by atoms with van der Waals surface area (Å²) in [6.45, 7) is 5.74. The Morgan fingerprint density at radius 1 is 1.36 bits per heavy atom. The van der Waals surface area contributed by atoms with Gasteiger partial charge in [0.15, 0.2) is 0 Å². The van der Waals surface area contributed by atoms with Crippen LogP contribution in [0, 0.1) is 6.92 Å². The van der Waals surface area contributed by atoms with Gasteiger partial charge in [0, 0.05) is 6.54 Å². The van der Waals surface area contributed by atoms with Gasteiger partial charge in [-0.3, -0.25) is 0 Å². The minimum atomic E-state index is -0.386. The van der Waals surface area contributed by atoms with Crippen LogP contribution in [-0.4, -0.2) is 18.2 Å². The Bertz CT molecular complexity index is 273. The number of benzene rings is 1. The lowest BCUT2D eigenvalue weighted by atomic mass is 10.0. The van der Waals surface area contributed by atoms with Gasteiger partial charge in [-0.1, -0.05) is 31.2 Å². The maximum Gasteiger partial charge on any atom is 0.0916 e. The molecule has 1 atom stereocenters. The van der Waals surface area contributed by atoms with Crippen LogP contribution in [0.25, 0.3) is 0 Å². The van der Waals surface area contributed by atoms with Crippen LogP contribution in [0.5, 0.6) is 0 Å². The highest BCUT2D eigenvalue weighted by Crippen LogP contribution is 2.15. The zero-order valence-corrected chi connectivity index (χ0v) is 8.96. The fourth-order valence-corrected chi connectivity index (χ4v) is 1.49. The molecule has 14 heavy (non-hydrogen) atoms. The smallest absolute Gasteiger partial charge is 0.0916 e. The van der Waals surface area contributed by atoms with Gasteiger partial charge in [0.25, 0.3) is 0 Å². The van der Waals surface area contributed by atoms with E-state index in [1.165, 1.54) is 0 Å². The quantitative estimate of drug-likeness (QED) is 0.701. The molecule has 0 aliphatic heterocycles. The second-order valence-corrected chi connectivity index (χ2v) is 3.58. The highest BCUT2D eigenvalue weighted by atomic mass is 16.3. The summed E-state index contributed by atoms with van der Waals surface area (Å²) in [7, 11) is 0. The maximum atomic E-state index is 9.87. The standard InChI is InChI=1S/C12H19NO/c1-3-8-13-9-12(14)11-7-5-4-6-10(11)2/h4-7,12-14H,3,8-9H2,1-2H3. The number of hydrogen-bond donors (Lipinski definition) is 2. The van der Waals surface area contributed by atoms with Crippen LogP contribution in [0.1, 0.15) is 30.6 Å². The van der Waals surface area contributed by atoms with Crippen molar-refractivity contribution in [1.82, 2.24) is 5.32 Å². The van der Waals surface area contributed by atoms with Crippen LogP contribution < -0.4 is 5.32 Å². The molecule has 0 aliphatic rings. The molecule has 0 heterocycles. The molecule has 1 unspecified atom stereocenters. The molecule has 1 aromatic carbocycles. The van der Waals surface area contributed by atoms with Crippen LogP contribution in [0.3, 0.4) is 0 Å². The molecule has 0 radical (unpaired) electrons. The van der Waals surface area contributed by atoms with E-state index >= 15 is 0 Å². The number of aliphatic hydroxyl groups is 1. The zero-order valence-electron chi connectivity index (χ0n) is 8.96. The van der Waals surface area contributed by atoms with E-state index in [-0.39, 0.29) is 6.10 Å². The molecule has 0 bridgehead atoms. The van der Waals surface area contributed by atoms with Gasteiger partial charge in [0.05, 0.1) is 6.10 Å². The summed E-state index contributed by atoms with van der Waals surface area (Å²) in [6, 6.07) is 7.96. The van der Waals surface area contributed by atoms with Crippen LogP contribution in [0.15, 0.2) is 24.3 Å². The van der Waals surface area contributed by atoms with Gasteiger partial charge in [-0.15, -0.1) is 0 Å².